The number of thiophene rings is 1. The fourth-order valence-electron chi connectivity index (χ4n) is 1.99. The number of esters is 1. The summed E-state index contributed by atoms with van der Waals surface area (Å²) in [6.07, 6.45) is 0. The van der Waals surface area contributed by atoms with Crippen LogP contribution in [0.1, 0.15) is 15.2 Å². The van der Waals surface area contributed by atoms with Gasteiger partial charge in [0, 0.05) is 14.6 Å². The molecule has 0 aliphatic carbocycles. The lowest BCUT2D eigenvalue weighted by atomic mass is 10.2. The first-order valence-electron chi connectivity index (χ1n) is 6.24. The van der Waals surface area contributed by atoms with Crippen molar-refractivity contribution in [3.05, 3.63) is 68.5 Å². The van der Waals surface area contributed by atoms with Gasteiger partial charge < -0.3 is 4.74 Å². The smallest absolute Gasteiger partial charge is 0.350 e. The van der Waals surface area contributed by atoms with Crippen LogP contribution >= 0.6 is 38.9 Å². The van der Waals surface area contributed by atoms with Crippen LogP contribution in [0.5, 0.6) is 0 Å². The molecule has 106 valence electrons. The molecule has 1 aromatic heterocycles. The van der Waals surface area contributed by atoms with Gasteiger partial charge in [0.15, 0.2) is 0 Å². The monoisotopic (exact) mass is 380 g/mol. The molecule has 1 heterocycles. The molecule has 0 aliphatic heterocycles. The summed E-state index contributed by atoms with van der Waals surface area (Å²) in [5, 5.41) is 1.36. The van der Waals surface area contributed by atoms with Crippen molar-refractivity contribution in [2.45, 2.75) is 6.61 Å². The minimum Gasteiger partial charge on any atom is -0.457 e. The van der Waals surface area contributed by atoms with Crippen LogP contribution in [-0.4, -0.2) is 5.97 Å². The molecule has 2 nitrogen and oxygen atoms in total. The summed E-state index contributed by atoms with van der Waals surface area (Å²) in [6, 6.07) is 15.3. The normalized spacial score (nSPS) is 10.8. The van der Waals surface area contributed by atoms with Gasteiger partial charge in [0.2, 0.25) is 0 Å². The molecule has 0 atom stereocenters. The van der Waals surface area contributed by atoms with Crippen molar-refractivity contribution < 1.29 is 9.53 Å². The van der Waals surface area contributed by atoms with Gasteiger partial charge in [0.05, 0.1) is 5.02 Å². The highest BCUT2D eigenvalue weighted by Gasteiger charge is 2.18. The van der Waals surface area contributed by atoms with Crippen molar-refractivity contribution in [3.8, 4) is 0 Å². The van der Waals surface area contributed by atoms with E-state index in [1.807, 2.05) is 48.5 Å². The van der Waals surface area contributed by atoms with Gasteiger partial charge in [0.1, 0.15) is 11.5 Å². The summed E-state index contributed by atoms with van der Waals surface area (Å²) in [7, 11) is 0. The van der Waals surface area contributed by atoms with E-state index < -0.39 is 0 Å². The maximum absolute atomic E-state index is 12.2. The van der Waals surface area contributed by atoms with Gasteiger partial charge in [-0.3, -0.25) is 0 Å². The molecule has 2 aromatic carbocycles. The van der Waals surface area contributed by atoms with Crippen molar-refractivity contribution in [1.29, 1.82) is 0 Å². The summed E-state index contributed by atoms with van der Waals surface area (Å²) < 4.78 is 7.28. The van der Waals surface area contributed by atoms with E-state index in [0.717, 1.165) is 20.1 Å². The van der Waals surface area contributed by atoms with Gasteiger partial charge in [-0.2, -0.15) is 0 Å². The third-order valence-corrected chi connectivity index (χ3v) is 5.13. The van der Waals surface area contributed by atoms with Crippen LogP contribution in [0.2, 0.25) is 5.02 Å². The fourth-order valence-corrected chi connectivity index (χ4v) is 3.84. The average Bonchev–Trinajstić information content (AvgIpc) is 2.83. The van der Waals surface area contributed by atoms with Crippen molar-refractivity contribution >= 4 is 54.9 Å². The van der Waals surface area contributed by atoms with Crippen LogP contribution in [0.25, 0.3) is 10.1 Å². The van der Waals surface area contributed by atoms with E-state index in [-0.39, 0.29) is 12.6 Å². The zero-order valence-corrected chi connectivity index (χ0v) is 14.0. The van der Waals surface area contributed by atoms with E-state index in [0.29, 0.717) is 9.90 Å². The van der Waals surface area contributed by atoms with Gasteiger partial charge >= 0.3 is 5.97 Å². The molecule has 3 aromatic rings. The van der Waals surface area contributed by atoms with Crippen LogP contribution < -0.4 is 0 Å². The summed E-state index contributed by atoms with van der Waals surface area (Å²) in [5.74, 6) is -0.388. The van der Waals surface area contributed by atoms with Crippen LogP contribution in [0.3, 0.4) is 0 Å². The third kappa shape index (κ3) is 3.12. The van der Waals surface area contributed by atoms with E-state index in [4.69, 9.17) is 16.3 Å². The molecule has 0 N–H and O–H groups in total. The van der Waals surface area contributed by atoms with Crippen molar-refractivity contribution in [1.82, 2.24) is 0 Å². The molecule has 0 saturated carbocycles. The number of ether oxygens (including phenoxy) is 1. The second kappa shape index (κ2) is 6.18. The molecule has 5 heteroatoms. The van der Waals surface area contributed by atoms with E-state index in [9.17, 15) is 4.79 Å². The molecular weight excluding hydrogens is 372 g/mol. The van der Waals surface area contributed by atoms with Crippen LogP contribution in [0, 0.1) is 0 Å². The lowest BCUT2D eigenvalue weighted by Gasteiger charge is -2.04. The largest absolute Gasteiger partial charge is 0.457 e. The van der Waals surface area contributed by atoms with Gasteiger partial charge in [-0.1, -0.05) is 57.9 Å². The highest BCUT2D eigenvalue weighted by Crippen LogP contribution is 2.35. The Kier molecular flexibility index (Phi) is 4.29. The Morgan fingerprint density at radius 1 is 1.19 bits per heavy atom. The Bertz CT molecular complexity index is 813. The molecule has 0 bridgehead atoms. The molecular formula is C16H10BrClO2S. The number of rotatable bonds is 3. The Balaban J connectivity index is 1.79. The fraction of sp³-hybridized carbons (Fsp3) is 0.0625. The summed E-state index contributed by atoms with van der Waals surface area (Å²) in [4.78, 5) is 12.6. The predicted octanol–water partition coefficient (Wildman–Crippen LogP) is 5.67. The quantitative estimate of drug-likeness (QED) is 0.546. The number of carbonyl (C=O) groups is 1. The molecule has 0 fully saturated rings. The minimum atomic E-state index is -0.388. The highest BCUT2D eigenvalue weighted by molar-refractivity contribution is 9.10. The summed E-state index contributed by atoms with van der Waals surface area (Å²) in [5.41, 5.74) is 0.926. The van der Waals surface area contributed by atoms with E-state index in [2.05, 4.69) is 15.9 Å². The second-order valence-corrected chi connectivity index (χ2v) is 6.79. The number of benzene rings is 2. The minimum absolute atomic E-state index is 0.225. The van der Waals surface area contributed by atoms with Gasteiger partial charge in [-0.05, 0) is 23.8 Å². The third-order valence-electron chi connectivity index (χ3n) is 2.98. The number of fused-ring (bicyclic) bond motifs is 1. The van der Waals surface area contributed by atoms with Crippen molar-refractivity contribution in [2.75, 3.05) is 0 Å². The van der Waals surface area contributed by atoms with Crippen molar-refractivity contribution in [2.24, 2.45) is 0 Å². The first-order valence-corrected chi connectivity index (χ1v) is 8.22. The maximum atomic E-state index is 12.2. The van der Waals surface area contributed by atoms with Crippen LogP contribution in [0.15, 0.2) is 53.0 Å². The average molecular weight is 382 g/mol. The second-order valence-electron chi connectivity index (χ2n) is 4.45. The molecule has 0 unspecified atom stereocenters. The Hall–Kier alpha value is -1.36. The zero-order chi connectivity index (χ0) is 14.8. The Morgan fingerprint density at radius 2 is 2.00 bits per heavy atom. The highest BCUT2D eigenvalue weighted by atomic mass is 79.9. The van der Waals surface area contributed by atoms with E-state index in [1.54, 1.807) is 0 Å². The van der Waals surface area contributed by atoms with Crippen LogP contribution in [-0.2, 0) is 11.3 Å². The van der Waals surface area contributed by atoms with Gasteiger partial charge in [-0.25, -0.2) is 4.79 Å². The topological polar surface area (TPSA) is 26.3 Å². The lowest BCUT2D eigenvalue weighted by molar-refractivity contribution is 0.0479. The number of hydrogen-bond donors (Lipinski definition) is 0. The predicted molar refractivity (Wildman–Crippen MR) is 90.1 cm³/mol. The van der Waals surface area contributed by atoms with Crippen molar-refractivity contribution in [3.63, 3.8) is 0 Å². The first kappa shape index (κ1) is 14.6. The number of hydrogen-bond acceptors (Lipinski definition) is 3. The molecule has 0 spiro atoms. The molecule has 3 rings (SSSR count). The summed E-state index contributed by atoms with van der Waals surface area (Å²) in [6.45, 7) is 0.225. The lowest BCUT2D eigenvalue weighted by Crippen LogP contribution is -2.03. The maximum Gasteiger partial charge on any atom is 0.350 e. The molecule has 21 heavy (non-hydrogen) atoms. The molecule has 0 amide bonds. The molecule has 0 radical (unpaired) electrons. The number of halogens is 2. The molecule has 0 saturated heterocycles. The Labute approximate surface area is 139 Å². The van der Waals surface area contributed by atoms with Gasteiger partial charge in [-0.15, -0.1) is 11.3 Å². The standard InChI is InChI=1S/C16H10BrClO2S/c17-11-5-3-4-10(8-11)9-20-16(19)15-14(18)12-6-1-2-7-13(12)21-15/h1-8H,9H2. The molecule has 0 aliphatic rings. The van der Waals surface area contributed by atoms with Crippen LogP contribution in [0.4, 0.5) is 0 Å². The van der Waals surface area contributed by atoms with E-state index in [1.165, 1.54) is 11.3 Å². The first-order chi connectivity index (χ1) is 10.1. The SMILES string of the molecule is O=C(OCc1cccc(Br)c1)c1sc2ccccc2c1Cl. The number of carbonyl (C=O) groups excluding carboxylic acids is 1. The summed E-state index contributed by atoms with van der Waals surface area (Å²) >= 11 is 11.0. The van der Waals surface area contributed by atoms with Gasteiger partial charge in [0.25, 0.3) is 0 Å². The zero-order valence-electron chi connectivity index (χ0n) is 10.8. The Morgan fingerprint density at radius 3 is 2.76 bits per heavy atom. The van der Waals surface area contributed by atoms with E-state index >= 15 is 0 Å².